The normalized spacial score (nSPS) is 12.5. The van der Waals surface area contributed by atoms with Crippen LogP contribution in [0.2, 0.25) is 0 Å². The first kappa shape index (κ1) is 15.8. The minimum Gasteiger partial charge on any atom is -0.495 e. The summed E-state index contributed by atoms with van der Waals surface area (Å²) < 4.78 is 56.6. The number of aryl methyl sites for hydroxylation is 1. The molecule has 19 heavy (non-hydrogen) atoms. The van der Waals surface area contributed by atoms with E-state index in [2.05, 4.69) is 0 Å². The molecule has 0 aromatic heterocycles. The molecule has 1 aromatic carbocycles. The summed E-state index contributed by atoms with van der Waals surface area (Å²) in [7, 11) is -2.78. The zero-order valence-corrected chi connectivity index (χ0v) is 11.4. The Balaban J connectivity index is 3.04. The average molecular weight is 294 g/mol. The number of halogens is 2. The van der Waals surface area contributed by atoms with E-state index in [9.17, 15) is 17.2 Å². The van der Waals surface area contributed by atoms with E-state index in [0.717, 1.165) is 0 Å². The summed E-state index contributed by atoms with van der Waals surface area (Å²) in [5, 5.41) is 0. The van der Waals surface area contributed by atoms with E-state index in [0.29, 0.717) is 5.56 Å². The molecule has 108 valence electrons. The number of ether oxygens (including phenoxy) is 1. The van der Waals surface area contributed by atoms with E-state index >= 15 is 0 Å². The number of hydrogen-bond acceptors (Lipinski definition) is 4. The van der Waals surface area contributed by atoms with Crippen LogP contribution in [-0.4, -0.2) is 34.5 Å². The van der Waals surface area contributed by atoms with Gasteiger partial charge in [0.05, 0.1) is 20.2 Å². The van der Waals surface area contributed by atoms with E-state index in [1.807, 2.05) is 4.72 Å². The summed E-state index contributed by atoms with van der Waals surface area (Å²) in [6, 6.07) is 4.47. The van der Waals surface area contributed by atoms with E-state index in [1.165, 1.54) is 19.2 Å². The van der Waals surface area contributed by atoms with Crippen molar-refractivity contribution in [3.8, 4) is 5.75 Å². The summed E-state index contributed by atoms with van der Waals surface area (Å²) in [6.07, 6.45) is 0. The van der Waals surface area contributed by atoms with Crippen LogP contribution >= 0.6 is 0 Å². The lowest BCUT2D eigenvalue weighted by Gasteiger charge is -2.16. The molecule has 0 saturated heterocycles. The third kappa shape index (κ3) is 4.12. The Bertz CT molecular complexity index is 547. The fourth-order valence-electron chi connectivity index (χ4n) is 1.34. The smallest absolute Gasteiger partial charge is 0.273 e. The molecule has 3 N–H and O–H groups in total. The predicted molar refractivity (Wildman–Crippen MR) is 66.9 cm³/mol. The van der Waals surface area contributed by atoms with Crippen molar-refractivity contribution in [1.29, 1.82) is 0 Å². The van der Waals surface area contributed by atoms with Crippen LogP contribution in [0.3, 0.4) is 0 Å². The molecular formula is C11H16F2N2O3S. The monoisotopic (exact) mass is 294 g/mol. The summed E-state index contributed by atoms with van der Waals surface area (Å²) in [6.45, 7) is -0.295. The highest BCUT2D eigenvalue weighted by Crippen LogP contribution is 2.24. The number of nitrogens with two attached hydrogens (primary N) is 1. The molecule has 0 bridgehead atoms. The highest BCUT2D eigenvalue weighted by Gasteiger charge is 2.30. The molecule has 0 fully saturated rings. The molecule has 0 amide bonds. The number of hydrogen-bond donors (Lipinski definition) is 2. The minimum atomic E-state index is -4.08. The quantitative estimate of drug-likeness (QED) is 0.816. The minimum absolute atomic E-state index is 0.0918. The van der Waals surface area contributed by atoms with Gasteiger partial charge in [0.2, 0.25) is 10.0 Å². The molecular weight excluding hydrogens is 278 g/mol. The molecule has 0 radical (unpaired) electrons. The summed E-state index contributed by atoms with van der Waals surface area (Å²) >= 11 is 0. The molecule has 1 rings (SSSR count). The van der Waals surface area contributed by atoms with Crippen molar-refractivity contribution >= 4 is 10.0 Å². The Morgan fingerprint density at radius 3 is 2.58 bits per heavy atom. The Hall–Kier alpha value is -1.25. The van der Waals surface area contributed by atoms with Crippen molar-refractivity contribution in [1.82, 2.24) is 4.72 Å². The Morgan fingerprint density at radius 1 is 1.42 bits per heavy atom. The number of sulfonamides is 1. The Labute approximate surface area is 110 Å². The van der Waals surface area contributed by atoms with Gasteiger partial charge in [-0.05, 0) is 24.6 Å². The predicted octanol–water partition coefficient (Wildman–Crippen LogP) is 0.876. The lowest BCUT2D eigenvalue weighted by molar-refractivity contribution is 0.0170. The summed E-state index contributed by atoms with van der Waals surface area (Å²) in [4.78, 5) is -0.178. The Morgan fingerprint density at radius 2 is 2.05 bits per heavy atom. The fraction of sp³-hybridized carbons (Fsp3) is 0.455. The van der Waals surface area contributed by atoms with E-state index < -0.39 is 29.0 Å². The maximum atomic E-state index is 13.0. The van der Waals surface area contributed by atoms with Crippen LogP contribution in [0, 0.1) is 6.92 Å². The Kier molecular flexibility index (Phi) is 4.83. The van der Waals surface area contributed by atoms with E-state index in [1.54, 1.807) is 13.0 Å². The van der Waals surface area contributed by atoms with Gasteiger partial charge in [-0.2, -0.15) is 0 Å². The zero-order chi connectivity index (χ0) is 14.7. The molecule has 5 nitrogen and oxygen atoms in total. The lowest BCUT2D eigenvalue weighted by Crippen LogP contribution is -2.41. The topological polar surface area (TPSA) is 81.4 Å². The van der Waals surface area contributed by atoms with Crippen molar-refractivity contribution < 1.29 is 21.9 Å². The van der Waals surface area contributed by atoms with Gasteiger partial charge in [0.15, 0.2) is 0 Å². The van der Waals surface area contributed by atoms with Gasteiger partial charge in [0, 0.05) is 0 Å². The van der Waals surface area contributed by atoms with Crippen LogP contribution in [0.4, 0.5) is 8.78 Å². The van der Waals surface area contributed by atoms with Crippen LogP contribution in [0.1, 0.15) is 5.56 Å². The molecule has 0 unspecified atom stereocenters. The van der Waals surface area contributed by atoms with E-state index in [-0.39, 0.29) is 10.6 Å². The van der Waals surface area contributed by atoms with Gasteiger partial charge in [0.25, 0.3) is 5.92 Å². The van der Waals surface area contributed by atoms with Crippen molar-refractivity contribution in [2.45, 2.75) is 17.7 Å². The van der Waals surface area contributed by atoms with Crippen molar-refractivity contribution in [3.63, 3.8) is 0 Å². The number of alkyl halides is 2. The average Bonchev–Trinajstić information content (AvgIpc) is 2.37. The maximum absolute atomic E-state index is 13.0. The van der Waals surface area contributed by atoms with Gasteiger partial charge >= 0.3 is 0 Å². The SMILES string of the molecule is COc1ccc(C)cc1S(=O)(=O)NCC(F)(F)CN. The van der Waals surface area contributed by atoms with Gasteiger partial charge in [-0.15, -0.1) is 0 Å². The van der Waals surface area contributed by atoms with Gasteiger partial charge in [-0.3, -0.25) is 0 Å². The van der Waals surface area contributed by atoms with Crippen molar-refractivity contribution in [3.05, 3.63) is 23.8 Å². The van der Waals surface area contributed by atoms with Gasteiger partial charge in [-0.1, -0.05) is 6.07 Å². The number of rotatable bonds is 6. The zero-order valence-electron chi connectivity index (χ0n) is 10.6. The third-order valence-corrected chi connectivity index (χ3v) is 3.85. The first-order valence-electron chi connectivity index (χ1n) is 5.44. The summed E-state index contributed by atoms with van der Waals surface area (Å²) in [5.41, 5.74) is 5.52. The molecule has 0 aliphatic rings. The molecule has 0 saturated carbocycles. The largest absolute Gasteiger partial charge is 0.495 e. The molecule has 0 spiro atoms. The van der Waals surface area contributed by atoms with Crippen LogP contribution in [0.15, 0.2) is 23.1 Å². The maximum Gasteiger partial charge on any atom is 0.273 e. The highest BCUT2D eigenvalue weighted by atomic mass is 32.2. The standard InChI is InChI=1S/C11H16F2N2O3S/c1-8-3-4-9(18-2)10(5-8)19(16,17)15-7-11(12,13)6-14/h3-5,15H,6-7,14H2,1-2H3. The van der Waals surface area contributed by atoms with Crippen LogP contribution in [-0.2, 0) is 10.0 Å². The van der Waals surface area contributed by atoms with Crippen molar-refractivity contribution in [2.24, 2.45) is 5.73 Å². The van der Waals surface area contributed by atoms with E-state index in [4.69, 9.17) is 10.5 Å². The molecule has 1 aromatic rings. The number of methoxy groups -OCH3 is 1. The molecule has 0 aliphatic carbocycles. The number of nitrogens with one attached hydrogen (secondary N) is 1. The first-order chi connectivity index (χ1) is 8.72. The van der Waals surface area contributed by atoms with Crippen molar-refractivity contribution in [2.75, 3.05) is 20.2 Å². The first-order valence-corrected chi connectivity index (χ1v) is 6.92. The highest BCUT2D eigenvalue weighted by molar-refractivity contribution is 7.89. The second-order valence-electron chi connectivity index (χ2n) is 4.04. The lowest BCUT2D eigenvalue weighted by atomic mass is 10.2. The second-order valence-corrected chi connectivity index (χ2v) is 5.77. The van der Waals surface area contributed by atoms with Gasteiger partial charge in [-0.25, -0.2) is 21.9 Å². The summed E-state index contributed by atoms with van der Waals surface area (Å²) in [5.74, 6) is -3.20. The van der Waals surface area contributed by atoms with Crippen LogP contribution < -0.4 is 15.2 Å². The number of benzene rings is 1. The second kappa shape index (κ2) is 5.81. The third-order valence-electron chi connectivity index (χ3n) is 2.43. The van der Waals surface area contributed by atoms with Crippen LogP contribution in [0.25, 0.3) is 0 Å². The molecule has 0 heterocycles. The van der Waals surface area contributed by atoms with Crippen LogP contribution in [0.5, 0.6) is 5.75 Å². The molecule has 0 aliphatic heterocycles. The molecule has 8 heteroatoms. The van der Waals surface area contributed by atoms with Gasteiger partial charge in [0.1, 0.15) is 10.6 Å². The van der Waals surface area contributed by atoms with Gasteiger partial charge < -0.3 is 10.5 Å². The molecule has 0 atom stereocenters. The fourth-order valence-corrected chi connectivity index (χ4v) is 2.66.